The minimum Gasteiger partial charge on any atom is -0.350 e. The first kappa shape index (κ1) is 12.5. The Labute approximate surface area is 102 Å². The molecule has 1 atom stereocenters. The van der Waals surface area contributed by atoms with E-state index < -0.39 is 0 Å². The molecular weight excluding hydrogens is 279 g/mol. The Balaban J connectivity index is 2.86. The van der Waals surface area contributed by atoms with Gasteiger partial charge in [0.05, 0.1) is 5.56 Å². The molecule has 0 spiro atoms. The van der Waals surface area contributed by atoms with Crippen molar-refractivity contribution >= 4 is 33.4 Å². The van der Waals surface area contributed by atoms with Gasteiger partial charge in [-0.1, -0.05) is 18.5 Å². The molecule has 3 nitrogen and oxygen atoms in total. The van der Waals surface area contributed by atoms with Crippen molar-refractivity contribution in [2.75, 3.05) is 0 Å². The van der Waals surface area contributed by atoms with Crippen LogP contribution >= 0.6 is 27.5 Å². The molecule has 0 fully saturated rings. The maximum absolute atomic E-state index is 11.7. The van der Waals surface area contributed by atoms with Crippen LogP contribution in [0.15, 0.2) is 16.7 Å². The zero-order chi connectivity index (χ0) is 11.4. The smallest absolute Gasteiger partial charge is 0.254 e. The van der Waals surface area contributed by atoms with Gasteiger partial charge in [0.15, 0.2) is 0 Å². The summed E-state index contributed by atoms with van der Waals surface area (Å²) in [5.41, 5.74) is 0.395. The van der Waals surface area contributed by atoms with E-state index in [1.165, 1.54) is 0 Å². The van der Waals surface area contributed by atoms with Crippen molar-refractivity contribution in [2.45, 2.75) is 26.3 Å². The van der Waals surface area contributed by atoms with Gasteiger partial charge in [-0.15, -0.1) is 0 Å². The van der Waals surface area contributed by atoms with E-state index in [2.05, 4.69) is 26.2 Å². The normalized spacial score (nSPS) is 12.3. The molecule has 1 aromatic heterocycles. The number of hydrogen-bond acceptors (Lipinski definition) is 2. The Morgan fingerprint density at radius 2 is 2.40 bits per heavy atom. The molecule has 1 amide bonds. The summed E-state index contributed by atoms with van der Waals surface area (Å²) in [5.74, 6) is -0.192. The monoisotopic (exact) mass is 290 g/mol. The summed E-state index contributed by atoms with van der Waals surface area (Å²) in [5, 5.41) is 3.05. The summed E-state index contributed by atoms with van der Waals surface area (Å²) in [6.45, 7) is 3.95. The first-order chi connectivity index (χ1) is 7.04. The number of aromatic nitrogens is 1. The number of carbonyl (C=O) groups is 1. The van der Waals surface area contributed by atoms with Crippen LogP contribution in [-0.4, -0.2) is 16.9 Å². The molecule has 0 saturated carbocycles. The number of hydrogen-bond donors (Lipinski definition) is 1. The Hall–Kier alpha value is -0.610. The van der Waals surface area contributed by atoms with E-state index >= 15 is 0 Å². The van der Waals surface area contributed by atoms with Crippen LogP contribution in [-0.2, 0) is 0 Å². The van der Waals surface area contributed by atoms with Crippen LogP contribution in [0.25, 0.3) is 0 Å². The first-order valence-corrected chi connectivity index (χ1v) is 5.83. The molecule has 0 aliphatic carbocycles. The molecule has 0 radical (unpaired) electrons. The highest BCUT2D eigenvalue weighted by Gasteiger charge is 2.13. The third-order valence-electron chi connectivity index (χ3n) is 2.04. The van der Waals surface area contributed by atoms with Gasteiger partial charge in [-0.05, 0) is 35.3 Å². The van der Waals surface area contributed by atoms with E-state index in [4.69, 9.17) is 11.6 Å². The lowest BCUT2D eigenvalue weighted by Crippen LogP contribution is -2.32. The lowest BCUT2D eigenvalue weighted by molar-refractivity contribution is 0.0939. The van der Waals surface area contributed by atoms with Crippen molar-refractivity contribution in [1.82, 2.24) is 10.3 Å². The molecule has 1 aromatic rings. The van der Waals surface area contributed by atoms with Gasteiger partial charge in [0.2, 0.25) is 0 Å². The van der Waals surface area contributed by atoms with Crippen LogP contribution in [0.5, 0.6) is 0 Å². The van der Waals surface area contributed by atoms with Crippen LogP contribution in [0.3, 0.4) is 0 Å². The Bertz CT molecular complexity index is 370. The summed E-state index contributed by atoms with van der Waals surface area (Å²) in [6.07, 6.45) is 2.44. The van der Waals surface area contributed by atoms with Gasteiger partial charge >= 0.3 is 0 Å². The van der Waals surface area contributed by atoms with E-state index in [9.17, 15) is 4.79 Å². The summed E-state index contributed by atoms with van der Waals surface area (Å²) < 4.78 is 0.737. The van der Waals surface area contributed by atoms with Gasteiger partial charge < -0.3 is 5.32 Å². The van der Waals surface area contributed by atoms with E-state index in [1.807, 2.05) is 13.8 Å². The van der Waals surface area contributed by atoms with E-state index in [0.717, 1.165) is 10.9 Å². The molecule has 0 aromatic carbocycles. The van der Waals surface area contributed by atoms with Crippen molar-refractivity contribution in [2.24, 2.45) is 0 Å². The van der Waals surface area contributed by atoms with Crippen molar-refractivity contribution in [3.05, 3.63) is 27.5 Å². The SMILES string of the molecule is CCC(C)NC(=O)c1cc(Br)cnc1Cl. The second-order valence-electron chi connectivity index (χ2n) is 3.27. The number of rotatable bonds is 3. The fraction of sp³-hybridized carbons (Fsp3) is 0.400. The topological polar surface area (TPSA) is 42.0 Å². The fourth-order valence-corrected chi connectivity index (χ4v) is 1.51. The average Bonchev–Trinajstić information content (AvgIpc) is 2.21. The molecule has 0 bridgehead atoms. The standard InChI is InChI=1S/C10H12BrClN2O/c1-3-6(2)14-10(15)8-4-7(11)5-13-9(8)12/h4-6H,3H2,1-2H3,(H,14,15). The Morgan fingerprint density at radius 3 is 3.00 bits per heavy atom. The first-order valence-electron chi connectivity index (χ1n) is 4.66. The maximum Gasteiger partial charge on any atom is 0.254 e. The molecule has 1 heterocycles. The zero-order valence-corrected chi connectivity index (χ0v) is 10.9. The summed E-state index contributed by atoms with van der Waals surface area (Å²) in [6, 6.07) is 1.79. The van der Waals surface area contributed by atoms with Gasteiger partial charge in [-0.2, -0.15) is 0 Å². The van der Waals surface area contributed by atoms with Crippen LogP contribution in [0, 0.1) is 0 Å². The van der Waals surface area contributed by atoms with Crippen molar-refractivity contribution in [3.63, 3.8) is 0 Å². The van der Waals surface area contributed by atoms with Crippen LogP contribution in [0.2, 0.25) is 5.15 Å². The molecule has 1 N–H and O–H groups in total. The zero-order valence-electron chi connectivity index (χ0n) is 8.55. The molecule has 0 aliphatic heterocycles. The Morgan fingerprint density at radius 1 is 1.73 bits per heavy atom. The van der Waals surface area contributed by atoms with Gasteiger partial charge in [0.1, 0.15) is 5.15 Å². The number of amides is 1. The number of nitrogens with one attached hydrogen (secondary N) is 1. The molecule has 0 saturated heterocycles. The number of halogens is 2. The molecule has 5 heteroatoms. The number of carbonyl (C=O) groups excluding carboxylic acids is 1. The summed E-state index contributed by atoms with van der Waals surface area (Å²) in [7, 11) is 0. The molecule has 1 unspecified atom stereocenters. The predicted octanol–water partition coefficient (Wildman–Crippen LogP) is 3.03. The van der Waals surface area contributed by atoms with Gasteiger partial charge in [0.25, 0.3) is 5.91 Å². The summed E-state index contributed by atoms with van der Waals surface area (Å²) >= 11 is 9.07. The molecule has 15 heavy (non-hydrogen) atoms. The number of pyridine rings is 1. The van der Waals surface area contributed by atoms with Crippen LogP contribution in [0.1, 0.15) is 30.6 Å². The third kappa shape index (κ3) is 3.47. The van der Waals surface area contributed by atoms with Crippen molar-refractivity contribution in [1.29, 1.82) is 0 Å². The van der Waals surface area contributed by atoms with Crippen LogP contribution < -0.4 is 5.32 Å². The maximum atomic E-state index is 11.7. The van der Waals surface area contributed by atoms with E-state index in [1.54, 1.807) is 12.3 Å². The second kappa shape index (κ2) is 5.47. The minimum atomic E-state index is -0.192. The minimum absolute atomic E-state index is 0.132. The fourth-order valence-electron chi connectivity index (χ4n) is 0.985. The highest BCUT2D eigenvalue weighted by molar-refractivity contribution is 9.10. The lowest BCUT2D eigenvalue weighted by Gasteiger charge is -2.11. The lowest BCUT2D eigenvalue weighted by atomic mass is 10.2. The largest absolute Gasteiger partial charge is 0.350 e. The molecule has 1 rings (SSSR count). The Kier molecular flexibility index (Phi) is 4.54. The second-order valence-corrected chi connectivity index (χ2v) is 4.55. The molecular formula is C10H12BrClN2O. The van der Waals surface area contributed by atoms with Gasteiger partial charge in [-0.25, -0.2) is 4.98 Å². The van der Waals surface area contributed by atoms with E-state index in [0.29, 0.717) is 5.56 Å². The number of nitrogens with zero attached hydrogens (tertiary/aromatic N) is 1. The van der Waals surface area contributed by atoms with Gasteiger partial charge in [-0.3, -0.25) is 4.79 Å². The highest BCUT2D eigenvalue weighted by atomic mass is 79.9. The quantitative estimate of drug-likeness (QED) is 0.870. The summed E-state index contributed by atoms with van der Waals surface area (Å²) in [4.78, 5) is 15.6. The molecule has 0 aliphatic rings. The van der Waals surface area contributed by atoms with E-state index in [-0.39, 0.29) is 17.1 Å². The molecule has 82 valence electrons. The highest BCUT2D eigenvalue weighted by Crippen LogP contribution is 2.17. The van der Waals surface area contributed by atoms with Gasteiger partial charge in [0, 0.05) is 16.7 Å². The predicted molar refractivity (Wildman–Crippen MR) is 64.2 cm³/mol. The third-order valence-corrected chi connectivity index (χ3v) is 2.78. The van der Waals surface area contributed by atoms with Crippen LogP contribution in [0.4, 0.5) is 0 Å². The van der Waals surface area contributed by atoms with Crippen molar-refractivity contribution in [3.8, 4) is 0 Å². The average molecular weight is 292 g/mol. The van der Waals surface area contributed by atoms with Crippen molar-refractivity contribution < 1.29 is 4.79 Å².